The van der Waals surface area contributed by atoms with Gasteiger partial charge in [0.2, 0.25) is 0 Å². The van der Waals surface area contributed by atoms with E-state index >= 15 is 0 Å². The number of rotatable bonds is 3. The fourth-order valence-corrected chi connectivity index (χ4v) is 1.20. The third-order valence-corrected chi connectivity index (χ3v) is 2.08. The molecule has 0 fully saturated rings. The summed E-state index contributed by atoms with van der Waals surface area (Å²) in [6, 6.07) is 4.23. The summed E-state index contributed by atoms with van der Waals surface area (Å²) in [5.41, 5.74) is 6.87. The molecule has 0 heterocycles. The highest BCUT2D eigenvalue weighted by atomic mass is 19.1. The number of aliphatic hydroxyl groups excluding tert-OH is 1. The molecule has 0 unspecified atom stereocenters. The van der Waals surface area contributed by atoms with E-state index in [0.717, 1.165) is 0 Å². The highest BCUT2D eigenvalue weighted by molar-refractivity contribution is 5.27. The maximum Gasteiger partial charge on any atom is 0.127 e. The van der Waals surface area contributed by atoms with E-state index in [1.54, 1.807) is 12.1 Å². The molecule has 1 rings (SSSR count). The van der Waals surface area contributed by atoms with Gasteiger partial charge in [-0.2, -0.15) is 0 Å². The average molecular weight is 183 g/mol. The predicted molar refractivity (Wildman–Crippen MR) is 49.5 cm³/mol. The van der Waals surface area contributed by atoms with Crippen molar-refractivity contribution in [2.45, 2.75) is 26.0 Å². The van der Waals surface area contributed by atoms with Gasteiger partial charge in [0.1, 0.15) is 5.82 Å². The molecule has 13 heavy (non-hydrogen) atoms. The zero-order chi connectivity index (χ0) is 9.84. The van der Waals surface area contributed by atoms with Crippen molar-refractivity contribution < 1.29 is 9.50 Å². The predicted octanol–water partition coefficient (Wildman–Crippen LogP) is 1.73. The quantitative estimate of drug-likeness (QED) is 0.749. The molecule has 3 heteroatoms. The first-order chi connectivity index (χ1) is 6.19. The van der Waals surface area contributed by atoms with Crippen LogP contribution in [0.4, 0.5) is 4.39 Å². The van der Waals surface area contributed by atoms with Gasteiger partial charge in [0.05, 0.1) is 6.61 Å². The molecule has 1 aromatic rings. The van der Waals surface area contributed by atoms with Crippen LogP contribution in [0.1, 0.15) is 30.5 Å². The molecule has 0 aliphatic rings. The first-order valence-electron chi connectivity index (χ1n) is 4.33. The first-order valence-corrected chi connectivity index (χ1v) is 4.33. The van der Waals surface area contributed by atoms with Crippen LogP contribution in [0.2, 0.25) is 0 Å². The molecule has 1 atom stereocenters. The van der Waals surface area contributed by atoms with Gasteiger partial charge in [-0.25, -0.2) is 4.39 Å². The van der Waals surface area contributed by atoms with Crippen molar-refractivity contribution in [3.05, 3.63) is 35.1 Å². The van der Waals surface area contributed by atoms with Crippen LogP contribution in [0, 0.1) is 5.82 Å². The van der Waals surface area contributed by atoms with Gasteiger partial charge in [-0.05, 0) is 24.1 Å². The summed E-state index contributed by atoms with van der Waals surface area (Å²) in [4.78, 5) is 0. The van der Waals surface area contributed by atoms with Gasteiger partial charge in [-0.3, -0.25) is 0 Å². The average Bonchev–Trinajstić information content (AvgIpc) is 2.17. The van der Waals surface area contributed by atoms with Crippen LogP contribution in [-0.2, 0) is 6.61 Å². The molecule has 1 aromatic carbocycles. The summed E-state index contributed by atoms with van der Waals surface area (Å²) >= 11 is 0. The molecule has 0 aromatic heterocycles. The Morgan fingerprint density at radius 1 is 1.54 bits per heavy atom. The molecule has 0 aliphatic carbocycles. The van der Waals surface area contributed by atoms with Crippen LogP contribution in [0.3, 0.4) is 0 Å². The number of hydrogen-bond donors (Lipinski definition) is 2. The highest BCUT2D eigenvalue weighted by Crippen LogP contribution is 2.19. The number of aliphatic hydroxyl groups is 1. The summed E-state index contributed by atoms with van der Waals surface area (Å²) in [6.45, 7) is 1.82. The van der Waals surface area contributed by atoms with Crippen molar-refractivity contribution in [3.63, 3.8) is 0 Å². The van der Waals surface area contributed by atoms with E-state index in [1.807, 2.05) is 6.92 Å². The summed E-state index contributed by atoms with van der Waals surface area (Å²) in [6.07, 6.45) is 0.686. The zero-order valence-corrected chi connectivity index (χ0v) is 7.63. The Hall–Kier alpha value is -0.930. The zero-order valence-electron chi connectivity index (χ0n) is 7.63. The molecule has 72 valence electrons. The van der Waals surface area contributed by atoms with Crippen LogP contribution in [0.5, 0.6) is 0 Å². The lowest BCUT2D eigenvalue weighted by Crippen LogP contribution is -2.11. The Kier molecular flexibility index (Phi) is 3.39. The molecule has 2 nitrogen and oxygen atoms in total. The fourth-order valence-electron chi connectivity index (χ4n) is 1.20. The lowest BCUT2D eigenvalue weighted by molar-refractivity contribution is 0.281. The largest absolute Gasteiger partial charge is 0.392 e. The number of hydrogen-bond acceptors (Lipinski definition) is 2. The lowest BCUT2D eigenvalue weighted by atomic mass is 10.0. The maximum atomic E-state index is 13.2. The van der Waals surface area contributed by atoms with Gasteiger partial charge in [-0.1, -0.05) is 13.0 Å². The van der Waals surface area contributed by atoms with E-state index in [4.69, 9.17) is 10.8 Å². The Morgan fingerprint density at radius 3 is 2.77 bits per heavy atom. The molecular weight excluding hydrogens is 169 g/mol. The van der Waals surface area contributed by atoms with Gasteiger partial charge < -0.3 is 10.8 Å². The minimum absolute atomic E-state index is 0.0796. The molecule has 0 spiro atoms. The number of benzene rings is 1. The van der Waals surface area contributed by atoms with E-state index in [9.17, 15) is 4.39 Å². The van der Waals surface area contributed by atoms with E-state index in [-0.39, 0.29) is 18.5 Å². The molecule has 0 amide bonds. The maximum absolute atomic E-state index is 13.2. The van der Waals surface area contributed by atoms with Gasteiger partial charge in [-0.15, -0.1) is 0 Å². The second kappa shape index (κ2) is 4.35. The number of halogens is 1. The van der Waals surface area contributed by atoms with Gasteiger partial charge in [0, 0.05) is 11.6 Å². The second-order valence-electron chi connectivity index (χ2n) is 3.03. The van der Waals surface area contributed by atoms with Crippen molar-refractivity contribution in [3.8, 4) is 0 Å². The lowest BCUT2D eigenvalue weighted by Gasteiger charge is -2.11. The van der Waals surface area contributed by atoms with E-state index < -0.39 is 0 Å². The monoisotopic (exact) mass is 183 g/mol. The molecule has 0 aliphatic heterocycles. The Bertz CT molecular complexity index is 288. The normalized spacial score (nSPS) is 12.9. The minimum Gasteiger partial charge on any atom is -0.392 e. The molecule has 0 bridgehead atoms. The van der Waals surface area contributed by atoms with Gasteiger partial charge in [0.15, 0.2) is 0 Å². The van der Waals surface area contributed by atoms with Crippen molar-refractivity contribution in [1.82, 2.24) is 0 Å². The summed E-state index contributed by atoms with van der Waals surface area (Å²) in [7, 11) is 0. The summed E-state index contributed by atoms with van der Waals surface area (Å²) in [5.74, 6) is -0.299. The van der Waals surface area contributed by atoms with Crippen LogP contribution in [-0.4, -0.2) is 5.11 Å². The van der Waals surface area contributed by atoms with Gasteiger partial charge in [0.25, 0.3) is 0 Å². The minimum atomic E-state index is -0.299. The standard InChI is InChI=1S/C10H14FNO/c1-2-10(12)8-5-7(6-13)3-4-9(8)11/h3-5,10,13H,2,6,12H2,1H3/t10-/m0/s1. The molecule has 0 radical (unpaired) electrons. The van der Waals surface area contributed by atoms with E-state index in [1.165, 1.54) is 6.07 Å². The Morgan fingerprint density at radius 2 is 2.23 bits per heavy atom. The second-order valence-corrected chi connectivity index (χ2v) is 3.03. The Labute approximate surface area is 77.2 Å². The fraction of sp³-hybridized carbons (Fsp3) is 0.400. The van der Waals surface area contributed by atoms with Gasteiger partial charge >= 0.3 is 0 Å². The summed E-state index contributed by atoms with van der Waals surface area (Å²) in [5, 5.41) is 8.84. The van der Waals surface area contributed by atoms with E-state index in [2.05, 4.69) is 0 Å². The van der Waals surface area contributed by atoms with Crippen molar-refractivity contribution in [2.75, 3.05) is 0 Å². The first kappa shape index (κ1) is 10.2. The SMILES string of the molecule is CC[C@H](N)c1cc(CO)ccc1F. The van der Waals surface area contributed by atoms with Crippen molar-refractivity contribution >= 4 is 0 Å². The number of nitrogens with two attached hydrogens (primary N) is 1. The molecule has 0 saturated heterocycles. The smallest absolute Gasteiger partial charge is 0.127 e. The molecular formula is C10H14FNO. The van der Waals surface area contributed by atoms with Crippen LogP contribution in [0.15, 0.2) is 18.2 Å². The topological polar surface area (TPSA) is 46.2 Å². The summed E-state index contributed by atoms with van der Waals surface area (Å²) < 4.78 is 13.2. The van der Waals surface area contributed by atoms with Crippen molar-refractivity contribution in [1.29, 1.82) is 0 Å². The third kappa shape index (κ3) is 2.26. The van der Waals surface area contributed by atoms with Crippen LogP contribution in [0.25, 0.3) is 0 Å². The molecule has 0 saturated carbocycles. The Balaban J connectivity index is 3.03. The van der Waals surface area contributed by atoms with E-state index in [0.29, 0.717) is 17.5 Å². The molecule has 3 N–H and O–H groups in total. The third-order valence-electron chi connectivity index (χ3n) is 2.08. The van der Waals surface area contributed by atoms with Crippen LogP contribution >= 0.6 is 0 Å². The van der Waals surface area contributed by atoms with Crippen LogP contribution < -0.4 is 5.73 Å². The van der Waals surface area contributed by atoms with Crippen molar-refractivity contribution in [2.24, 2.45) is 5.73 Å². The highest BCUT2D eigenvalue weighted by Gasteiger charge is 2.09.